The van der Waals surface area contributed by atoms with Gasteiger partial charge in [-0.25, -0.2) is 0 Å². The van der Waals surface area contributed by atoms with E-state index in [4.69, 9.17) is 4.74 Å². The second-order valence-electron chi connectivity index (χ2n) is 4.37. The quantitative estimate of drug-likeness (QED) is 0.718. The lowest BCUT2D eigenvalue weighted by atomic mass is 10.2. The summed E-state index contributed by atoms with van der Waals surface area (Å²) in [5, 5.41) is 6.08. The van der Waals surface area contributed by atoms with Gasteiger partial charge in [0.25, 0.3) is 0 Å². The highest BCUT2D eigenvalue weighted by atomic mass is 79.9. The van der Waals surface area contributed by atoms with E-state index in [0.29, 0.717) is 19.7 Å². The molecule has 1 rings (SSSR count). The number of methoxy groups -OCH3 is 1. The number of ether oxygens (including phenoxy) is 1. The number of hydrogen-bond donors (Lipinski definition) is 2. The maximum atomic E-state index is 11.8. The molecule has 0 aliphatic carbocycles. The molecule has 5 heteroatoms. The van der Waals surface area contributed by atoms with Crippen LogP contribution >= 0.6 is 15.9 Å². The molecule has 0 fully saturated rings. The van der Waals surface area contributed by atoms with Crippen molar-refractivity contribution in [3.8, 4) is 0 Å². The van der Waals surface area contributed by atoms with Gasteiger partial charge in [0.2, 0.25) is 5.91 Å². The third-order valence-corrected chi connectivity index (χ3v) is 3.21. The molecule has 0 radical (unpaired) electrons. The fourth-order valence-corrected chi connectivity index (χ4v) is 2.04. The van der Waals surface area contributed by atoms with Crippen molar-refractivity contribution in [2.75, 3.05) is 20.3 Å². The molecule has 2 N–H and O–H groups in total. The van der Waals surface area contributed by atoms with Crippen molar-refractivity contribution < 1.29 is 9.53 Å². The fourth-order valence-electron chi connectivity index (χ4n) is 1.59. The maximum Gasteiger partial charge on any atom is 0.236 e. The molecule has 1 aromatic carbocycles. The van der Waals surface area contributed by atoms with Gasteiger partial charge in [-0.1, -0.05) is 28.1 Å². The zero-order chi connectivity index (χ0) is 14.1. The van der Waals surface area contributed by atoms with Crippen LogP contribution < -0.4 is 10.6 Å². The van der Waals surface area contributed by atoms with Crippen molar-refractivity contribution in [3.63, 3.8) is 0 Å². The average Bonchev–Trinajstić information content (AvgIpc) is 2.41. The van der Waals surface area contributed by atoms with Gasteiger partial charge in [0.05, 0.1) is 6.04 Å². The first kappa shape index (κ1) is 16.1. The molecule has 1 unspecified atom stereocenters. The summed E-state index contributed by atoms with van der Waals surface area (Å²) < 4.78 is 5.97. The molecule has 0 saturated carbocycles. The minimum Gasteiger partial charge on any atom is -0.385 e. The van der Waals surface area contributed by atoms with Crippen LogP contribution in [0.3, 0.4) is 0 Å². The first-order valence-electron chi connectivity index (χ1n) is 6.38. The summed E-state index contributed by atoms with van der Waals surface area (Å²) in [6, 6.07) is 7.82. The van der Waals surface area contributed by atoms with Crippen molar-refractivity contribution in [3.05, 3.63) is 34.3 Å². The molecular weight excluding hydrogens is 308 g/mol. The predicted octanol–water partition coefficient (Wildman–Crippen LogP) is 2.08. The van der Waals surface area contributed by atoms with Crippen molar-refractivity contribution in [1.29, 1.82) is 0 Å². The maximum absolute atomic E-state index is 11.8. The average molecular weight is 329 g/mol. The highest BCUT2D eigenvalue weighted by Gasteiger charge is 2.11. The Labute approximate surface area is 123 Å². The van der Waals surface area contributed by atoms with E-state index >= 15 is 0 Å². The Morgan fingerprint density at radius 1 is 1.47 bits per heavy atom. The summed E-state index contributed by atoms with van der Waals surface area (Å²) in [7, 11) is 1.66. The van der Waals surface area contributed by atoms with Crippen LogP contribution in [0, 0.1) is 0 Å². The van der Waals surface area contributed by atoms with Gasteiger partial charge in [-0.3, -0.25) is 4.79 Å². The molecule has 0 aliphatic heterocycles. The van der Waals surface area contributed by atoms with Gasteiger partial charge < -0.3 is 15.4 Å². The highest BCUT2D eigenvalue weighted by Crippen LogP contribution is 2.11. The zero-order valence-electron chi connectivity index (χ0n) is 11.4. The van der Waals surface area contributed by atoms with E-state index in [2.05, 4.69) is 26.6 Å². The fraction of sp³-hybridized carbons (Fsp3) is 0.500. The summed E-state index contributed by atoms with van der Waals surface area (Å²) in [5.74, 6) is 0.0195. The number of rotatable bonds is 8. The van der Waals surface area contributed by atoms with Gasteiger partial charge in [-0.15, -0.1) is 0 Å². The van der Waals surface area contributed by atoms with Gasteiger partial charge >= 0.3 is 0 Å². The van der Waals surface area contributed by atoms with E-state index in [9.17, 15) is 4.79 Å². The minimum atomic E-state index is -0.207. The molecule has 0 aliphatic rings. The largest absolute Gasteiger partial charge is 0.385 e. The van der Waals surface area contributed by atoms with E-state index in [0.717, 1.165) is 16.5 Å². The van der Waals surface area contributed by atoms with Crippen LogP contribution in [-0.4, -0.2) is 32.2 Å². The number of carbonyl (C=O) groups excluding carboxylic acids is 1. The third kappa shape index (κ3) is 6.71. The molecule has 0 spiro atoms. The lowest BCUT2D eigenvalue weighted by Gasteiger charge is -2.14. The first-order valence-corrected chi connectivity index (χ1v) is 7.17. The van der Waals surface area contributed by atoms with Crippen LogP contribution in [0.2, 0.25) is 0 Å². The lowest BCUT2D eigenvalue weighted by Crippen LogP contribution is -2.42. The van der Waals surface area contributed by atoms with Gasteiger partial charge in [-0.05, 0) is 31.0 Å². The second-order valence-corrected chi connectivity index (χ2v) is 5.29. The Bertz CT molecular complexity index is 399. The number of benzene rings is 1. The van der Waals surface area contributed by atoms with Crippen LogP contribution in [-0.2, 0) is 16.1 Å². The van der Waals surface area contributed by atoms with Crippen molar-refractivity contribution in [2.24, 2.45) is 0 Å². The minimum absolute atomic E-state index is 0.0195. The molecular formula is C14H21BrN2O2. The van der Waals surface area contributed by atoms with E-state index in [-0.39, 0.29) is 11.9 Å². The summed E-state index contributed by atoms with van der Waals surface area (Å²) in [5.41, 5.74) is 1.15. The van der Waals surface area contributed by atoms with Crippen molar-refractivity contribution in [1.82, 2.24) is 10.6 Å². The molecule has 19 heavy (non-hydrogen) atoms. The molecule has 4 nitrogen and oxygen atoms in total. The number of amides is 1. The second kappa shape index (κ2) is 9.07. The molecule has 0 heterocycles. The van der Waals surface area contributed by atoms with E-state index in [1.54, 1.807) is 7.11 Å². The molecule has 1 aromatic rings. The van der Waals surface area contributed by atoms with Crippen LogP contribution in [0.1, 0.15) is 18.9 Å². The molecule has 1 amide bonds. The molecule has 0 saturated heterocycles. The van der Waals surface area contributed by atoms with Crippen molar-refractivity contribution >= 4 is 21.8 Å². The lowest BCUT2D eigenvalue weighted by molar-refractivity contribution is -0.122. The Morgan fingerprint density at radius 2 is 2.26 bits per heavy atom. The Morgan fingerprint density at radius 3 is 2.95 bits per heavy atom. The number of carbonyl (C=O) groups is 1. The predicted molar refractivity (Wildman–Crippen MR) is 79.9 cm³/mol. The standard InChI is InChI=1S/C14H21BrN2O2/c1-11(14(18)16-7-4-8-19-2)17-10-12-5-3-6-13(15)9-12/h3,5-6,9,11,17H,4,7-8,10H2,1-2H3,(H,16,18). The zero-order valence-corrected chi connectivity index (χ0v) is 13.0. The van der Waals surface area contributed by atoms with Crippen LogP contribution in [0.5, 0.6) is 0 Å². The van der Waals surface area contributed by atoms with E-state index in [1.807, 2.05) is 31.2 Å². The normalized spacial score (nSPS) is 12.2. The van der Waals surface area contributed by atoms with Gasteiger partial charge in [0, 0.05) is 31.3 Å². The topological polar surface area (TPSA) is 50.4 Å². The van der Waals surface area contributed by atoms with Gasteiger partial charge in [0.1, 0.15) is 0 Å². The summed E-state index contributed by atoms with van der Waals surface area (Å²) in [6.07, 6.45) is 0.834. The van der Waals surface area contributed by atoms with Crippen molar-refractivity contribution in [2.45, 2.75) is 25.9 Å². The third-order valence-electron chi connectivity index (χ3n) is 2.72. The summed E-state index contributed by atoms with van der Waals surface area (Å²) in [6.45, 7) is 3.85. The summed E-state index contributed by atoms with van der Waals surface area (Å²) >= 11 is 3.43. The van der Waals surface area contributed by atoms with Gasteiger partial charge in [-0.2, -0.15) is 0 Å². The number of hydrogen-bond acceptors (Lipinski definition) is 3. The molecule has 0 aromatic heterocycles. The monoisotopic (exact) mass is 328 g/mol. The number of halogens is 1. The van der Waals surface area contributed by atoms with E-state index in [1.165, 1.54) is 0 Å². The highest BCUT2D eigenvalue weighted by molar-refractivity contribution is 9.10. The van der Waals surface area contributed by atoms with E-state index < -0.39 is 0 Å². The Balaban J connectivity index is 2.26. The Hall–Kier alpha value is -0.910. The SMILES string of the molecule is COCCCNC(=O)C(C)NCc1cccc(Br)c1. The van der Waals surface area contributed by atoms with Crippen LogP contribution in [0.25, 0.3) is 0 Å². The number of nitrogens with one attached hydrogen (secondary N) is 2. The molecule has 1 atom stereocenters. The summed E-state index contributed by atoms with van der Waals surface area (Å²) in [4.78, 5) is 11.8. The molecule has 0 bridgehead atoms. The molecule has 106 valence electrons. The smallest absolute Gasteiger partial charge is 0.236 e. The van der Waals surface area contributed by atoms with Crippen LogP contribution in [0.15, 0.2) is 28.7 Å². The first-order chi connectivity index (χ1) is 9.13. The Kier molecular flexibility index (Phi) is 7.70. The van der Waals surface area contributed by atoms with Crippen LogP contribution in [0.4, 0.5) is 0 Å². The van der Waals surface area contributed by atoms with Gasteiger partial charge in [0.15, 0.2) is 0 Å².